The molecule has 7 heteroatoms. The summed E-state index contributed by atoms with van der Waals surface area (Å²) in [5.74, 6) is 2.21. The molecule has 1 aliphatic rings. The molecule has 1 amide bonds. The van der Waals surface area contributed by atoms with Crippen molar-refractivity contribution in [3.8, 4) is 34.5 Å². The monoisotopic (exact) mass is 391 g/mol. The number of benzene rings is 2. The molecule has 4 rings (SSSR count). The molecular formula is C22H21N3O4. The largest absolute Gasteiger partial charge is 0.454 e. The first-order valence-corrected chi connectivity index (χ1v) is 9.32. The highest BCUT2D eigenvalue weighted by Crippen LogP contribution is 2.37. The fraction of sp³-hybridized carbons (Fsp3) is 0.227. The van der Waals surface area contributed by atoms with Crippen molar-refractivity contribution in [1.82, 2.24) is 14.9 Å². The summed E-state index contributed by atoms with van der Waals surface area (Å²) in [7, 11) is 1.72. The predicted molar refractivity (Wildman–Crippen MR) is 107 cm³/mol. The van der Waals surface area contributed by atoms with Crippen molar-refractivity contribution in [3.05, 3.63) is 59.8 Å². The summed E-state index contributed by atoms with van der Waals surface area (Å²) in [5, 5.41) is 0. The zero-order valence-corrected chi connectivity index (χ0v) is 16.5. The van der Waals surface area contributed by atoms with Gasteiger partial charge in [0.2, 0.25) is 12.7 Å². The molecular weight excluding hydrogens is 370 g/mol. The lowest BCUT2D eigenvalue weighted by Crippen LogP contribution is -2.27. The Labute approximate surface area is 168 Å². The highest BCUT2D eigenvalue weighted by atomic mass is 16.7. The number of nitrogens with zero attached hydrogens (tertiary/aromatic N) is 3. The molecule has 3 aromatic rings. The molecule has 2 heterocycles. The minimum absolute atomic E-state index is 0.175. The Kier molecular flexibility index (Phi) is 5.03. The van der Waals surface area contributed by atoms with Gasteiger partial charge in [-0.2, -0.15) is 4.98 Å². The summed E-state index contributed by atoms with van der Waals surface area (Å²) in [6.45, 7) is 4.65. The van der Waals surface area contributed by atoms with Gasteiger partial charge in [0.1, 0.15) is 11.3 Å². The number of aryl methyl sites for hydroxylation is 1. The van der Waals surface area contributed by atoms with Crippen LogP contribution in [0.3, 0.4) is 0 Å². The van der Waals surface area contributed by atoms with Crippen LogP contribution < -0.4 is 14.2 Å². The van der Waals surface area contributed by atoms with Crippen LogP contribution in [0.15, 0.2) is 48.7 Å². The van der Waals surface area contributed by atoms with E-state index >= 15 is 0 Å². The molecule has 0 saturated carbocycles. The highest BCUT2D eigenvalue weighted by Gasteiger charge is 2.21. The van der Waals surface area contributed by atoms with Crippen LogP contribution in [0.1, 0.15) is 22.8 Å². The number of fused-ring (bicyclic) bond motifs is 1. The lowest BCUT2D eigenvalue weighted by molar-refractivity contribution is 0.0798. The number of hydrogen-bond acceptors (Lipinski definition) is 6. The van der Waals surface area contributed by atoms with E-state index in [0.29, 0.717) is 35.2 Å². The first-order valence-electron chi connectivity index (χ1n) is 9.32. The van der Waals surface area contributed by atoms with E-state index in [2.05, 4.69) is 9.97 Å². The molecule has 148 valence electrons. The number of aromatic nitrogens is 2. The maximum Gasteiger partial charge on any atom is 0.260 e. The molecule has 0 bridgehead atoms. The van der Waals surface area contributed by atoms with E-state index in [1.54, 1.807) is 30.1 Å². The van der Waals surface area contributed by atoms with Crippen LogP contribution in [-0.2, 0) is 0 Å². The van der Waals surface area contributed by atoms with Gasteiger partial charge in [0.15, 0.2) is 17.3 Å². The second kappa shape index (κ2) is 7.79. The number of carbonyl (C=O) groups is 1. The first kappa shape index (κ1) is 18.7. The third kappa shape index (κ3) is 3.85. The number of ether oxygens (including phenoxy) is 3. The number of hydrogen-bond donors (Lipinski definition) is 0. The fourth-order valence-electron chi connectivity index (χ4n) is 2.83. The smallest absolute Gasteiger partial charge is 0.260 e. The van der Waals surface area contributed by atoms with E-state index in [9.17, 15) is 4.79 Å². The zero-order chi connectivity index (χ0) is 20.4. The molecule has 0 radical (unpaired) electrons. The summed E-state index contributed by atoms with van der Waals surface area (Å²) in [6.07, 6.45) is 1.51. The Balaban J connectivity index is 1.74. The van der Waals surface area contributed by atoms with Gasteiger partial charge in [-0.05, 0) is 26.0 Å². The van der Waals surface area contributed by atoms with Crippen LogP contribution in [0.2, 0.25) is 0 Å². The second-order valence-corrected chi connectivity index (χ2v) is 6.71. The van der Waals surface area contributed by atoms with E-state index in [1.165, 1.54) is 6.20 Å². The quantitative estimate of drug-likeness (QED) is 0.653. The Morgan fingerprint density at radius 1 is 1.14 bits per heavy atom. The van der Waals surface area contributed by atoms with Crippen molar-refractivity contribution < 1.29 is 19.0 Å². The average Bonchev–Trinajstić information content (AvgIpc) is 3.21. The van der Waals surface area contributed by atoms with Crippen molar-refractivity contribution in [2.75, 3.05) is 20.4 Å². The van der Waals surface area contributed by atoms with E-state index in [4.69, 9.17) is 14.2 Å². The van der Waals surface area contributed by atoms with Crippen LogP contribution >= 0.6 is 0 Å². The summed E-state index contributed by atoms with van der Waals surface area (Å²) in [5.41, 5.74) is 2.28. The SMILES string of the molecule is CCN(C)C(=O)c1cnc(-c2ccc(C)cc2)nc1Oc1ccc2c(c1)OCO2. The third-order valence-corrected chi connectivity index (χ3v) is 4.67. The standard InChI is InChI=1S/C22H21N3O4/c1-4-25(3)22(26)17-12-23-20(15-7-5-14(2)6-8-15)24-21(17)29-16-9-10-18-19(11-16)28-13-27-18/h5-12H,4,13H2,1-3H3. The Morgan fingerprint density at radius 3 is 2.66 bits per heavy atom. The molecule has 0 fully saturated rings. The molecule has 0 aliphatic carbocycles. The molecule has 1 aromatic heterocycles. The fourth-order valence-corrected chi connectivity index (χ4v) is 2.83. The molecule has 1 aliphatic heterocycles. The van der Waals surface area contributed by atoms with E-state index in [1.807, 2.05) is 38.1 Å². The van der Waals surface area contributed by atoms with Crippen LogP contribution in [0, 0.1) is 6.92 Å². The molecule has 0 spiro atoms. The van der Waals surface area contributed by atoms with Crippen molar-refractivity contribution >= 4 is 5.91 Å². The molecule has 29 heavy (non-hydrogen) atoms. The maximum atomic E-state index is 12.8. The van der Waals surface area contributed by atoms with Crippen molar-refractivity contribution in [3.63, 3.8) is 0 Å². The number of amides is 1. The lowest BCUT2D eigenvalue weighted by atomic mass is 10.1. The molecule has 0 unspecified atom stereocenters. The van der Waals surface area contributed by atoms with Crippen molar-refractivity contribution in [2.45, 2.75) is 13.8 Å². The van der Waals surface area contributed by atoms with E-state index < -0.39 is 0 Å². The summed E-state index contributed by atoms with van der Waals surface area (Å²) >= 11 is 0. The summed E-state index contributed by atoms with van der Waals surface area (Å²) in [6, 6.07) is 13.1. The van der Waals surface area contributed by atoms with Gasteiger partial charge in [-0.25, -0.2) is 4.98 Å². The van der Waals surface area contributed by atoms with Crippen molar-refractivity contribution in [2.24, 2.45) is 0 Å². The molecule has 2 aromatic carbocycles. The molecule has 0 N–H and O–H groups in total. The summed E-state index contributed by atoms with van der Waals surface area (Å²) < 4.78 is 16.7. The number of rotatable bonds is 5. The predicted octanol–water partition coefficient (Wildman–Crippen LogP) is 4.06. The zero-order valence-electron chi connectivity index (χ0n) is 16.5. The van der Waals surface area contributed by atoms with Crippen LogP contribution in [0.4, 0.5) is 0 Å². The third-order valence-electron chi connectivity index (χ3n) is 4.67. The minimum atomic E-state index is -0.210. The molecule has 0 saturated heterocycles. The Bertz CT molecular complexity index is 1050. The number of carbonyl (C=O) groups excluding carboxylic acids is 1. The van der Waals surface area contributed by atoms with Gasteiger partial charge in [-0.3, -0.25) is 4.79 Å². The lowest BCUT2D eigenvalue weighted by Gasteiger charge is -2.17. The van der Waals surface area contributed by atoms with Crippen LogP contribution in [0.5, 0.6) is 23.1 Å². The van der Waals surface area contributed by atoms with Gasteiger partial charge in [-0.15, -0.1) is 0 Å². The maximum absolute atomic E-state index is 12.8. The highest BCUT2D eigenvalue weighted by molar-refractivity contribution is 5.96. The van der Waals surface area contributed by atoms with Gasteiger partial charge >= 0.3 is 0 Å². The average molecular weight is 391 g/mol. The van der Waals surface area contributed by atoms with Gasteiger partial charge < -0.3 is 19.1 Å². The van der Waals surface area contributed by atoms with E-state index in [-0.39, 0.29) is 18.6 Å². The van der Waals surface area contributed by atoms with Gasteiger partial charge in [0.05, 0.1) is 0 Å². The van der Waals surface area contributed by atoms with Gasteiger partial charge in [0.25, 0.3) is 5.91 Å². The topological polar surface area (TPSA) is 73.8 Å². The van der Waals surface area contributed by atoms with E-state index in [0.717, 1.165) is 11.1 Å². The minimum Gasteiger partial charge on any atom is -0.454 e. The van der Waals surface area contributed by atoms with Crippen LogP contribution in [-0.4, -0.2) is 41.2 Å². The second-order valence-electron chi connectivity index (χ2n) is 6.71. The van der Waals surface area contributed by atoms with Crippen molar-refractivity contribution in [1.29, 1.82) is 0 Å². The summed E-state index contributed by atoms with van der Waals surface area (Å²) in [4.78, 5) is 23.3. The van der Waals surface area contributed by atoms with Crippen LogP contribution in [0.25, 0.3) is 11.4 Å². The molecule has 0 atom stereocenters. The normalized spacial score (nSPS) is 12.0. The Morgan fingerprint density at radius 2 is 1.90 bits per heavy atom. The Hall–Kier alpha value is -3.61. The first-order chi connectivity index (χ1) is 14.0. The van der Waals surface area contributed by atoms with Gasteiger partial charge in [0, 0.05) is 31.4 Å². The van der Waals surface area contributed by atoms with Gasteiger partial charge in [-0.1, -0.05) is 29.8 Å². The molecule has 7 nitrogen and oxygen atoms in total.